The number of furan rings is 1. The first-order valence-corrected chi connectivity index (χ1v) is 15.4. The van der Waals surface area contributed by atoms with Gasteiger partial charge in [0, 0.05) is 40.6 Å². The molecule has 4 aromatic rings. The first-order chi connectivity index (χ1) is 21.3. The monoisotopic (exact) mass is 625 g/mol. The van der Waals surface area contributed by atoms with Crippen LogP contribution in [0.2, 0.25) is 0 Å². The molecule has 44 heavy (non-hydrogen) atoms. The van der Waals surface area contributed by atoms with Crippen molar-refractivity contribution >= 4 is 63.5 Å². The molecule has 3 N–H and O–H groups in total. The Hall–Kier alpha value is -5.12. The fraction of sp³-hybridized carbons (Fsp3) is 0.156. The highest BCUT2D eigenvalue weighted by Gasteiger charge is 2.26. The van der Waals surface area contributed by atoms with Crippen molar-refractivity contribution in [1.29, 1.82) is 5.26 Å². The van der Waals surface area contributed by atoms with E-state index in [1.807, 2.05) is 6.07 Å². The Morgan fingerprint density at radius 2 is 1.89 bits per heavy atom. The number of fused-ring (bicyclic) bond motifs is 1. The molecule has 2 aromatic heterocycles. The van der Waals surface area contributed by atoms with Crippen LogP contribution < -0.4 is 16.0 Å². The van der Waals surface area contributed by atoms with E-state index in [9.17, 15) is 24.4 Å². The molecule has 0 fully saturated rings. The summed E-state index contributed by atoms with van der Waals surface area (Å²) in [7, 11) is 0. The maximum Gasteiger partial charge on any atom is 0.272 e. The number of carbonyl (C=O) groups is 4. The summed E-state index contributed by atoms with van der Waals surface area (Å²) in [5.41, 5.74) is 2.19. The zero-order valence-electron chi connectivity index (χ0n) is 23.6. The molecule has 0 atom stereocenters. The van der Waals surface area contributed by atoms with Crippen LogP contribution in [0.5, 0.6) is 0 Å². The minimum Gasteiger partial charge on any atom is -0.465 e. The third-order valence-corrected chi connectivity index (χ3v) is 8.81. The van der Waals surface area contributed by atoms with Gasteiger partial charge in [0.1, 0.15) is 22.5 Å². The number of thioether (sulfide) groups is 1. The van der Waals surface area contributed by atoms with Gasteiger partial charge in [0.25, 0.3) is 11.8 Å². The molecule has 3 heterocycles. The highest BCUT2D eigenvalue weighted by atomic mass is 32.2. The van der Waals surface area contributed by atoms with Crippen molar-refractivity contribution in [3.8, 4) is 6.07 Å². The molecule has 1 aliphatic heterocycles. The van der Waals surface area contributed by atoms with Gasteiger partial charge in [-0.15, -0.1) is 23.1 Å². The summed E-state index contributed by atoms with van der Waals surface area (Å²) in [6, 6.07) is 21.1. The second-order valence-electron chi connectivity index (χ2n) is 9.72. The van der Waals surface area contributed by atoms with Crippen molar-refractivity contribution in [2.75, 3.05) is 22.9 Å². The number of hydrogen-bond acceptors (Lipinski definition) is 8. The topological polar surface area (TPSA) is 145 Å². The number of rotatable bonds is 9. The average molecular weight is 626 g/mol. The van der Waals surface area contributed by atoms with Gasteiger partial charge in [-0.3, -0.25) is 19.2 Å². The van der Waals surface area contributed by atoms with Crippen LogP contribution >= 0.6 is 23.1 Å². The molecule has 222 valence electrons. The molecule has 0 saturated carbocycles. The van der Waals surface area contributed by atoms with Crippen LogP contribution in [0.1, 0.15) is 39.0 Å². The summed E-state index contributed by atoms with van der Waals surface area (Å²) in [4.78, 5) is 54.0. The second-order valence-corrected chi connectivity index (χ2v) is 11.9. The number of thiophene rings is 1. The van der Waals surface area contributed by atoms with Crippen LogP contribution in [0.3, 0.4) is 0 Å². The van der Waals surface area contributed by atoms with Gasteiger partial charge < -0.3 is 25.3 Å². The second kappa shape index (κ2) is 13.9. The Labute approximate surface area is 261 Å². The zero-order chi connectivity index (χ0) is 31.1. The van der Waals surface area contributed by atoms with Gasteiger partial charge in [-0.05, 0) is 54.4 Å². The predicted octanol–water partition coefficient (Wildman–Crippen LogP) is 5.26. The highest BCUT2D eigenvalue weighted by molar-refractivity contribution is 8.00. The summed E-state index contributed by atoms with van der Waals surface area (Å²) in [6.45, 7) is 2.50. The Balaban J connectivity index is 1.22. The summed E-state index contributed by atoms with van der Waals surface area (Å²) in [6.07, 6.45) is 3.48. The molecule has 0 spiro atoms. The van der Waals surface area contributed by atoms with Gasteiger partial charge in [0.05, 0.1) is 24.1 Å². The van der Waals surface area contributed by atoms with Gasteiger partial charge >= 0.3 is 0 Å². The summed E-state index contributed by atoms with van der Waals surface area (Å²) in [5, 5.41) is 18.5. The van der Waals surface area contributed by atoms with E-state index in [0.29, 0.717) is 47.1 Å². The number of nitriles is 1. The molecule has 2 aromatic carbocycles. The zero-order valence-corrected chi connectivity index (χ0v) is 25.2. The standard InChI is InChI=1S/C32H27N5O5S2/c1-20(38)37-13-12-25-26(17-33)32(44-28(25)18-37)36-29(39)19-43-24-11-5-9-22(15-24)34-31(41)27(16-23-10-6-14-42-23)35-30(40)21-7-3-2-4-8-21/h2-11,14-16H,12-13,18-19H2,1H3,(H,34,41)(H,35,40)(H,36,39)/b27-16-. The summed E-state index contributed by atoms with van der Waals surface area (Å²) < 4.78 is 5.34. The lowest BCUT2D eigenvalue weighted by molar-refractivity contribution is -0.129. The van der Waals surface area contributed by atoms with E-state index in [2.05, 4.69) is 22.0 Å². The molecule has 4 amide bonds. The van der Waals surface area contributed by atoms with Crippen LogP contribution in [0.4, 0.5) is 10.7 Å². The Bertz CT molecular complexity index is 1770. The van der Waals surface area contributed by atoms with E-state index < -0.39 is 11.8 Å². The van der Waals surface area contributed by atoms with E-state index in [4.69, 9.17) is 4.42 Å². The van der Waals surface area contributed by atoms with Crippen molar-refractivity contribution < 1.29 is 23.6 Å². The number of nitrogens with zero attached hydrogens (tertiary/aromatic N) is 2. The lowest BCUT2D eigenvalue weighted by Gasteiger charge is -2.25. The van der Waals surface area contributed by atoms with Crippen LogP contribution in [-0.2, 0) is 27.3 Å². The third kappa shape index (κ3) is 7.44. The van der Waals surface area contributed by atoms with Gasteiger partial charge in [0.2, 0.25) is 11.8 Å². The number of amides is 4. The fourth-order valence-electron chi connectivity index (χ4n) is 4.51. The van der Waals surface area contributed by atoms with Gasteiger partial charge in [-0.2, -0.15) is 5.26 Å². The van der Waals surface area contributed by atoms with Crippen LogP contribution in [0.15, 0.2) is 88.0 Å². The van der Waals surface area contributed by atoms with Crippen molar-refractivity contribution in [2.24, 2.45) is 0 Å². The molecule has 0 radical (unpaired) electrons. The largest absolute Gasteiger partial charge is 0.465 e. The molecule has 0 saturated heterocycles. The normalized spacial score (nSPS) is 12.5. The number of carbonyl (C=O) groups excluding carboxylic acids is 4. The van der Waals surface area contributed by atoms with Gasteiger partial charge in [-0.1, -0.05) is 24.3 Å². The fourth-order valence-corrected chi connectivity index (χ4v) is 6.50. The third-order valence-electron chi connectivity index (χ3n) is 6.69. The number of hydrogen-bond donors (Lipinski definition) is 3. The van der Waals surface area contributed by atoms with E-state index in [1.54, 1.807) is 65.6 Å². The lowest BCUT2D eigenvalue weighted by atomic mass is 10.0. The number of anilines is 2. The van der Waals surface area contributed by atoms with E-state index in [0.717, 1.165) is 15.3 Å². The predicted molar refractivity (Wildman–Crippen MR) is 169 cm³/mol. The molecular weight excluding hydrogens is 599 g/mol. The maximum atomic E-state index is 13.2. The number of benzene rings is 2. The van der Waals surface area contributed by atoms with E-state index in [1.165, 1.54) is 42.4 Å². The molecular formula is C32H27N5O5S2. The molecule has 0 bridgehead atoms. The van der Waals surface area contributed by atoms with Crippen molar-refractivity contribution in [2.45, 2.75) is 24.8 Å². The smallest absolute Gasteiger partial charge is 0.272 e. The molecule has 0 unspecified atom stereocenters. The minimum atomic E-state index is -0.556. The molecule has 12 heteroatoms. The number of nitrogens with one attached hydrogen (secondary N) is 3. The molecule has 0 aliphatic carbocycles. The van der Waals surface area contributed by atoms with Crippen LogP contribution in [0, 0.1) is 11.3 Å². The van der Waals surface area contributed by atoms with Crippen molar-refractivity contribution in [3.63, 3.8) is 0 Å². The average Bonchev–Trinajstić information content (AvgIpc) is 3.67. The summed E-state index contributed by atoms with van der Waals surface area (Å²) >= 11 is 2.59. The molecule has 5 rings (SSSR count). The lowest BCUT2D eigenvalue weighted by Crippen LogP contribution is -2.33. The van der Waals surface area contributed by atoms with Crippen molar-refractivity contribution in [1.82, 2.24) is 10.2 Å². The van der Waals surface area contributed by atoms with Crippen LogP contribution in [-0.4, -0.2) is 40.8 Å². The molecule has 1 aliphatic rings. The van der Waals surface area contributed by atoms with Crippen molar-refractivity contribution in [3.05, 3.63) is 106 Å². The van der Waals surface area contributed by atoms with E-state index >= 15 is 0 Å². The first kappa shape index (κ1) is 30.3. The Kier molecular flexibility index (Phi) is 9.59. The molecule has 10 nitrogen and oxygen atoms in total. The Morgan fingerprint density at radius 3 is 2.61 bits per heavy atom. The van der Waals surface area contributed by atoms with Crippen LogP contribution in [0.25, 0.3) is 6.08 Å². The maximum absolute atomic E-state index is 13.2. The minimum absolute atomic E-state index is 0.00963. The van der Waals surface area contributed by atoms with Gasteiger partial charge in [-0.25, -0.2) is 0 Å². The van der Waals surface area contributed by atoms with E-state index in [-0.39, 0.29) is 23.3 Å². The first-order valence-electron chi connectivity index (χ1n) is 13.6. The summed E-state index contributed by atoms with van der Waals surface area (Å²) in [5.74, 6) is -0.849. The SMILES string of the molecule is CC(=O)N1CCc2c(sc(NC(=O)CSc3cccc(NC(=O)/C(=C/c4ccco4)NC(=O)c4ccccc4)c3)c2C#N)C1. The quantitative estimate of drug-likeness (QED) is 0.170. The highest BCUT2D eigenvalue weighted by Crippen LogP contribution is 2.37. The Morgan fingerprint density at radius 1 is 1.07 bits per heavy atom. The van der Waals surface area contributed by atoms with Gasteiger partial charge in [0.15, 0.2) is 0 Å².